The molecule has 2 atom stereocenters. The molecule has 1 fully saturated rings. The maximum atomic E-state index is 9.22. The van der Waals surface area contributed by atoms with Gasteiger partial charge in [0.25, 0.3) is 0 Å². The van der Waals surface area contributed by atoms with Gasteiger partial charge in [-0.25, -0.2) is 0 Å². The highest BCUT2D eigenvalue weighted by Crippen LogP contribution is 2.13. The van der Waals surface area contributed by atoms with Crippen LogP contribution in [0.25, 0.3) is 0 Å². The predicted octanol–water partition coefficient (Wildman–Crippen LogP) is 1.86. The van der Waals surface area contributed by atoms with Gasteiger partial charge in [-0.15, -0.1) is 0 Å². The first kappa shape index (κ1) is 11.7. The lowest BCUT2D eigenvalue weighted by Gasteiger charge is -2.21. The van der Waals surface area contributed by atoms with Gasteiger partial charge in [0.05, 0.1) is 12.7 Å². The maximum absolute atomic E-state index is 9.22. The summed E-state index contributed by atoms with van der Waals surface area (Å²) < 4.78 is 10.9. The summed E-state index contributed by atoms with van der Waals surface area (Å²) >= 11 is 0. The molecule has 14 heavy (non-hydrogen) atoms. The summed E-state index contributed by atoms with van der Waals surface area (Å²) in [6.45, 7) is 3.29. The van der Waals surface area contributed by atoms with E-state index in [0.29, 0.717) is 6.61 Å². The first-order valence-corrected chi connectivity index (χ1v) is 5.41. The van der Waals surface area contributed by atoms with E-state index in [2.05, 4.69) is 0 Å². The second-order valence-corrected chi connectivity index (χ2v) is 3.53. The van der Waals surface area contributed by atoms with Gasteiger partial charge in [-0.1, -0.05) is 19.1 Å². The molecule has 1 aliphatic rings. The van der Waals surface area contributed by atoms with Crippen molar-refractivity contribution in [1.82, 2.24) is 0 Å². The van der Waals surface area contributed by atoms with Gasteiger partial charge in [0.15, 0.2) is 6.29 Å². The van der Waals surface area contributed by atoms with Crippen LogP contribution >= 0.6 is 0 Å². The number of ether oxygens (including phenoxy) is 2. The van der Waals surface area contributed by atoms with Gasteiger partial charge < -0.3 is 14.6 Å². The Kier molecular flexibility index (Phi) is 5.83. The van der Waals surface area contributed by atoms with Crippen molar-refractivity contribution in [3.8, 4) is 0 Å². The summed E-state index contributed by atoms with van der Waals surface area (Å²) in [6.07, 6.45) is 7.31. The van der Waals surface area contributed by atoms with Crippen LogP contribution in [0.1, 0.15) is 32.6 Å². The Bertz CT molecular complexity index is 162. The predicted molar refractivity (Wildman–Crippen MR) is 55.0 cm³/mol. The molecule has 0 amide bonds. The molecule has 1 heterocycles. The van der Waals surface area contributed by atoms with Crippen LogP contribution in [-0.4, -0.2) is 30.7 Å². The van der Waals surface area contributed by atoms with E-state index >= 15 is 0 Å². The fourth-order valence-electron chi connectivity index (χ4n) is 1.35. The van der Waals surface area contributed by atoms with E-state index in [1.54, 1.807) is 6.08 Å². The van der Waals surface area contributed by atoms with Crippen LogP contribution in [0.4, 0.5) is 0 Å². The van der Waals surface area contributed by atoms with Crippen molar-refractivity contribution < 1.29 is 14.6 Å². The molecule has 0 spiro atoms. The summed E-state index contributed by atoms with van der Waals surface area (Å²) in [5, 5.41) is 9.22. The van der Waals surface area contributed by atoms with E-state index in [1.165, 1.54) is 6.42 Å². The van der Waals surface area contributed by atoms with E-state index in [0.717, 1.165) is 25.9 Å². The van der Waals surface area contributed by atoms with E-state index in [9.17, 15) is 5.11 Å². The van der Waals surface area contributed by atoms with Crippen molar-refractivity contribution in [1.29, 1.82) is 0 Å². The zero-order chi connectivity index (χ0) is 10.2. The summed E-state index contributed by atoms with van der Waals surface area (Å²) in [4.78, 5) is 0. The molecule has 3 heteroatoms. The number of aliphatic hydroxyl groups is 1. The first-order chi connectivity index (χ1) is 6.83. The van der Waals surface area contributed by atoms with Gasteiger partial charge >= 0.3 is 0 Å². The van der Waals surface area contributed by atoms with E-state index < -0.39 is 0 Å². The molecule has 0 saturated carbocycles. The Labute approximate surface area is 85.7 Å². The fraction of sp³-hybridized carbons (Fsp3) is 0.818. The lowest BCUT2D eigenvalue weighted by Crippen LogP contribution is -2.22. The molecule has 1 N–H and O–H groups in total. The van der Waals surface area contributed by atoms with Crippen molar-refractivity contribution in [2.75, 3.05) is 13.2 Å². The summed E-state index contributed by atoms with van der Waals surface area (Å²) in [5.74, 6) is 0. The summed E-state index contributed by atoms with van der Waals surface area (Å²) in [5.41, 5.74) is 0. The Morgan fingerprint density at radius 2 is 2.43 bits per heavy atom. The van der Waals surface area contributed by atoms with E-state index in [-0.39, 0.29) is 12.4 Å². The zero-order valence-corrected chi connectivity index (χ0v) is 8.82. The third kappa shape index (κ3) is 4.74. The highest BCUT2D eigenvalue weighted by Gasteiger charge is 2.12. The van der Waals surface area contributed by atoms with Crippen LogP contribution in [0, 0.1) is 0 Å². The minimum atomic E-state index is -0.342. The lowest BCUT2D eigenvalue weighted by atomic mass is 10.2. The number of rotatable bonds is 5. The Morgan fingerprint density at radius 1 is 1.57 bits per heavy atom. The largest absolute Gasteiger partial charge is 0.389 e. The molecule has 82 valence electrons. The molecule has 1 saturated heterocycles. The minimum absolute atomic E-state index is 0.0350. The Morgan fingerprint density at radius 3 is 3.07 bits per heavy atom. The number of aliphatic hydroxyl groups excluding tert-OH is 1. The smallest absolute Gasteiger partial charge is 0.157 e. The first-order valence-electron chi connectivity index (χ1n) is 5.41. The van der Waals surface area contributed by atoms with Crippen molar-refractivity contribution in [3.63, 3.8) is 0 Å². The maximum Gasteiger partial charge on any atom is 0.157 e. The van der Waals surface area contributed by atoms with Crippen LogP contribution in [-0.2, 0) is 9.47 Å². The number of hydrogen-bond donors (Lipinski definition) is 1. The van der Waals surface area contributed by atoms with Crippen molar-refractivity contribution in [2.24, 2.45) is 0 Å². The molecule has 0 aromatic carbocycles. The fourth-order valence-corrected chi connectivity index (χ4v) is 1.35. The molecule has 0 bridgehead atoms. The molecule has 2 unspecified atom stereocenters. The highest BCUT2D eigenvalue weighted by molar-refractivity contribution is 4.87. The molecule has 0 aromatic heterocycles. The van der Waals surface area contributed by atoms with Gasteiger partial charge in [0.2, 0.25) is 0 Å². The van der Waals surface area contributed by atoms with Crippen molar-refractivity contribution >= 4 is 0 Å². The van der Waals surface area contributed by atoms with Crippen LogP contribution in [0.15, 0.2) is 12.2 Å². The molecule has 0 radical (unpaired) electrons. The Balaban J connectivity index is 2.04. The molecule has 1 rings (SSSR count). The molecule has 0 aliphatic carbocycles. The molecular weight excluding hydrogens is 180 g/mol. The average molecular weight is 200 g/mol. The second kappa shape index (κ2) is 6.98. The second-order valence-electron chi connectivity index (χ2n) is 3.53. The third-order valence-electron chi connectivity index (χ3n) is 2.29. The van der Waals surface area contributed by atoms with Gasteiger partial charge in [-0.05, 0) is 25.7 Å². The monoisotopic (exact) mass is 200 g/mol. The SMILES string of the molecule is CCC(O)/C=C/COC1CCCCO1. The lowest BCUT2D eigenvalue weighted by molar-refractivity contribution is -0.155. The summed E-state index contributed by atoms with van der Waals surface area (Å²) in [7, 11) is 0. The molecule has 3 nitrogen and oxygen atoms in total. The van der Waals surface area contributed by atoms with Gasteiger partial charge in [-0.2, -0.15) is 0 Å². The average Bonchev–Trinajstić information content (AvgIpc) is 2.25. The number of hydrogen-bond acceptors (Lipinski definition) is 3. The molecular formula is C11H20O3. The highest BCUT2D eigenvalue weighted by atomic mass is 16.7. The standard InChI is InChI=1S/C11H20O3/c1-2-10(12)6-5-9-14-11-7-3-4-8-13-11/h5-6,10-12H,2-4,7-9H2,1H3/b6-5+. The minimum Gasteiger partial charge on any atom is -0.389 e. The van der Waals surface area contributed by atoms with Crippen LogP contribution in [0.3, 0.4) is 0 Å². The topological polar surface area (TPSA) is 38.7 Å². The molecule has 0 aromatic rings. The van der Waals surface area contributed by atoms with Crippen LogP contribution in [0.2, 0.25) is 0 Å². The van der Waals surface area contributed by atoms with Crippen LogP contribution in [0.5, 0.6) is 0 Å². The van der Waals surface area contributed by atoms with E-state index in [1.807, 2.05) is 13.0 Å². The van der Waals surface area contributed by atoms with Gasteiger partial charge in [0.1, 0.15) is 0 Å². The van der Waals surface area contributed by atoms with E-state index in [4.69, 9.17) is 9.47 Å². The zero-order valence-electron chi connectivity index (χ0n) is 8.82. The van der Waals surface area contributed by atoms with Gasteiger partial charge in [-0.3, -0.25) is 0 Å². The normalized spacial score (nSPS) is 25.4. The van der Waals surface area contributed by atoms with Crippen LogP contribution < -0.4 is 0 Å². The summed E-state index contributed by atoms with van der Waals surface area (Å²) in [6, 6.07) is 0. The van der Waals surface area contributed by atoms with Crippen molar-refractivity contribution in [3.05, 3.63) is 12.2 Å². The molecule has 1 aliphatic heterocycles. The third-order valence-corrected chi connectivity index (χ3v) is 2.29. The quantitative estimate of drug-likeness (QED) is 0.688. The Hall–Kier alpha value is -0.380. The van der Waals surface area contributed by atoms with Gasteiger partial charge in [0, 0.05) is 6.61 Å². The van der Waals surface area contributed by atoms with Crippen molar-refractivity contribution in [2.45, 2.75) is 45.0 Å².